The molecule has 0 aliphatic heterocycles. The molecule has 3 nitrogen and oxygen atoms in total. The highest BCUT2D eigenvalue weighted by Crippen LogP contribution is 2.18. The van der Waals surface area contributed by atoms with E-state index in [0.29, 0.717) is 25.1 Å². The van der Waals surface area contributed by atoms with E-state index in [9.17, 15) is 4.79 Å². The minimum absolute atomic E-state index is 0.0610. The molecule has 1 aromatic rings. The van der Waals surface area contributed by atoms with E-state index in [1.165, 1.54) is 0 Å². The van der Waals surface area contributed by atoms with Crippen LogP contribution in [-0.4, -0.2) is 19.4 Å². The third kappa shape index (κ3) is 3.41. The summed E-state index contributed by atoms with van der Waals surface area (Å²) in [6.07, 6.45) is 0.368. The van der Waals surface area contributed by atoms with Gasteiger partial charge in [-0.05, 0) is 24.2 Å². The molecule has 0 saturated carbocycles. The largest absolute Gasteiger partial charge is 0.380 e. The predicted molar refractivity (Wildman–Crippen MR) is 62.9 cm³/mol. The van der Waals surface area contributed by atoms with Gasteiger partial charge in [-0.2, -0.15) is 0 Å². The molecular formula is C11H14BrNO2. The van der Waals surface area contributed by atoms with Crippen LogP contribution >= 0.6 is 15.9 Å². The lowest BCUT2D eigenvalue weighted by molar-refractivity contribution is 0.0980. The molecule has 0 saturated heterocycles. The number of rotatable bonds is 5. The van der Waals surface area contributed by atoms with Crippen molar-refractivity contribution in [1.82, 2.24) is 0 Å². The number of ketones is 1. The molecule has 0 aliphatic carbocycles. The van der Waals surface area contributed by atoms with Crippen LogP contribution in [0.3, 0.4) is 0 Å². The maximum atomic E-state index is 11.7. The Labute approximate surface area is 97.7 Å². The maximum Gasteiger partial charge on any atom is 0.164 e. The fourth-order valence-electron chi connectivity index (χ4n) is 1.36. The molecule has 0 unspecified atom stereocenters. The smallest absolute Gasteiger partial charge is 0.164 e. The number of carbonyl (C=O) groups excluding carboxylic acids is 1. The average molecular weight is 272 g/mol. The van der Waals surface area contributed by atoms with Gasteiger partial charge in [0.1, 0.15) is 0 Å². The molecule has 0 fully saturated rings. The molecular weight excluding hydrogens is 258 g/mol. The van der Waals surface area contributed by atoms with Crippen LogP contribution < -0.4 is 5.73 Å². The van der Waals surface area contributed by atoms with Gasteiger partial charge in [-0.1, -0.05) is 22.0 Å². The van der Waals surface area contributed by atoms with Crippen LogP contribution in [0, 0.1) is 0 Å². The van der Waals surface area contributed by atoms with Crippen LogP contribution in [-0.2, 0) is 11.3 Å². The van der Waals surface area contributed by atoms with E-state index in [1.54, 1.807) is 7.11 Å². The highest BCUT2D eigenvalue weighted by Gasteiger charge is 2.10. The third-order valence-electron chi connectivity index (χ3n) is 2.04. The number of methoxy groups -OCH3 is 1. The fourth-order valence-corrected chi connectivity index (χ4v) is 1.72. The number of hydrogen-bond acceptors (Lipinski definition) is 3. The highest BCUT2D eigenvalue weighted by molar-refractivity contribution is 9.10. The first kappa shape index (κ1) is 12.4. The Morgan fingerprint density at radius 3 is 2.87 bits per heavy atom. The average Bonchev–Trinajstić information content (AvgIpc) is 2.21. The fraction of sp³-hybridized carbons (Fsp3) is 0.364. The van der Waals surface area contributed by atoms with Crippen LogP contribution in [0.25, 0.3) is 0 Å². The van der Waals surface area contributed by atoms with Gasteiger partial charge in [0, 0.05) is 23.6 Å². The molecule has 0 atom stereocenters. The number of benzene rings is 1. The lowest BCUT2D eigenvalue weighted by Gasteiger charge is -2.07. The van der Waals surface area contributed by atoms with Crippen molar-refractivity contribution in [2.24, 2.45) is 5.73 Å². The molecule has 0 spiro atoms. The van der Waals surface area contributed by atoms with Crippen LogP contribution in [0.2, 0.25) is 0 Å². The molecule has 0 aliphatic rings. The van der Waals surface area contributed by atoms with E-state index in [1.807, 2.05) is 18.2 Å². The Balaban J connectivity index is 3.00. The molecule has 2 N–H and O–H groups in total. The highest BCUT2D eigenvalue weighted by atomic mass is 79.9. The number of Topliss-reactive ketones (excluding diaryl/α,β-unsaturated/α-hetero) is 1. The number of nitrogens with two attached hydrogens (primary N) is 1. The van der Waals surface area contributed by atoms with Gasteiger partial charge in [0.15, 0.2) is 5.78 Å². The van der Waals surface area contributed by atoms with Crippen molar-refractivity contribution in [3.8, 4) is 0 Å². The molecule has 0 aromatic heterocycles. The van der Waals surface area contributed by atoms with Crippen molar-refractivity contribution >= 4 is 21.7 Å². The second-order valence-electron chi connectivity index (χ2n) is 3.20. The lowest BCUT2D eigenvalue weighted by atomic mass is 10.0. The van der Waals surface area contributed by atoms with Gasteiger partial charge in [-0.3, -0.25) is 4.79 Å². The van der Waals surface area contributed by atoms with Crippen molar-refractivity contribution in [2.75, 3.05) is 13.7 Å². The number of hydrogen-bond donors (Lipinski definition) is 1. The summed E-state index contributed by atoms with van der Waals surface area (Å²) in [5.74, 6) is 0.0610. The Hall–Kier alpha value is -0.710. The number of ether oxygens (including phenoxy) is 1. The van der Waals surface area contributed by atoms with Crippen molar-refractivity contribution in [1.29, 1.82) is 0 Å². The third-order valence-corrected chi connectivity index (χ3v) is 2.54. The van der Waals surface area contributed by atoms with Crippen LogP contribution in [0.4, 0.5) is 0 Å². The summed E-state index contributed by atoms with van der Waals surface area (Å²) in [4.78, 5) is 11.7. The van der Waals surface area contributed by atoms with Crippen LogP contribution in [0.15, 0.2) is 22.7 Å². The Morgan fingerprint density at radius 1 is 1.53 bits per heavy atom. The molecule has 82 valence electrons. The Morgan fingerprint density at radius 2 is 2.27 bits per heavy atom. The predicted octanol–water partition coefficient (Wildman–Crippen LogP) is 2.13. The number of halogens is 1. The topological polar surface area (TPSA) is 52.3 Å². The summed E-state index contributed by atoms with van der Waals surface area (Å²) in [5.41, 5.74) is 6.96. The first-order valence-corrected chi connectivity index (χ1v) is 5.49. The molecule has 0 heterocycles. The second-order valence-corrected chi connectivity index (χ2v) is 4.11. The molecule has 0 amide bonds. The summed E-state index contributed by atoms with van der Waals surface area (Å²) in [5, 5.41) is 0. The van der Waals surface area contributed by atoms with Gasteiger partial charge in [-0.25, -0.2) is 0 Å². The van der Waals surface area contributed by atoms with E-state index in [-0.39, 0.29) is 5.78 Å². The lowest BCUT2D eigenvalue weighted by Crippen LogP contribution is -2.10. The standard InChI is InChI=1S/C11H14BrNO2/c1-15-7-8-2-3-9(12)6-10(8)11(14)4-5-13/h2-3,6H,4-5,7,13H2,1H3. The van der Waals surface area contributed by atoms with E-state index in [0.717, 1.165) is 10.0 Å². The maximum absolute atomic E-state index is 11.7. The van der Waals surface area contributed by atoms with Gasteiger partial charge in [0.2, 0.25) is 0 Å². The van der Waals surface area contributed by atoms with Gasteiger partial charge in [0.25, 0.3) is 0 Å². The zero-order valence-electron chi connectivity index (χ0n) is 8.63. The summed E-state index contributed by atoms with van der Waals surface area (Å²) in [6, 6.07) is 5.59. The molecule has 1 aromatic carbocycles. The van der Waals surface area contributed by atoms with Crippen LogP contribution in [0.5, 0.6) is 0 Å². The van der Waals surface area contributed by atoms with Gasteiger partial charge < -0.3 is 10.5 Å². The molecule has 4 heteroatoms. The van der Waals surface area contributed by atoms with Crippen molar-refractivity contribution < 1.29 is 9.53 Å². The molecule has 1 rings (SSSR count). The van der Waals surface area contributed by atoms with Crippen molar-refractivity contribution in [2.45, 2.75) is 13.0 Å². The summed E-state index contributed by atoms with van der Waals surface area (Å²) >= 11 is 3.34. The summed E-state index contributed by atoms with van der Waals surface area (Å²) < 4.78 is 5.93. The number of carbonyl (C=O) groups is 1. The summed E-state index contributed by atoms with van der Waals surface area (Å²) in [7, 11) is 1.61. The molecule has 0 bridgehead atoms. The van der Waals surface area contributed by atoms with Gasteiger partial charge in [-0.15, -0.1) is 0 Å². The monoisotopic (exact) mass is 271 g/mol. The minimum Gasteiger partial charge on any atom is -0.380 e. The minimum atomic E-state index is 0.0610. The Bertz CT molecular complexity index is 352. The van der Waals surface area contributed by atoms with Gasteiger partial charge >= 0.3 is 0 Å². The first-order valence-electron chi connectivity index (χ1n) is 4.69. The van der Waals surface area contributed by atoms with E-state index >= 15 is 0 Å². The Kier molecular flexibility index (Phi) is 4.94. The van der Waals surface area contributed by atoms with E-state index < -0.39 is 0 Å². The van der Waals surface area contributed by atoms with Crippen molar-refractivity contribution in [3.05, 3.63) is 33.8 Å². The summed E-state index contributed by atoms with van der Waals surface area (Å²) in [6.45, 7) is 0.816. The second kappa shape index (κ2) is 6.00. The quantitative estimate of drug-likeness (QED) is 0.835. The SMILES string of the molecule is COCc1ccc(Br)cc1C(=O)CCN. The van der Waals surface area contributed by atoms with E-state index in [2.05, 4.69) is 15.9 Å². The zero-order chi connectivity index (χ0) is 11.3. The molecule has 15 heavy (non-hydrogen) atoms. The van der Waals surface area contributed by atoms with Gasteiger partial charge in [0.05, 0.1) is 6.61 Å². The van der Waals surface area contributed by atoms with Crippen LogP contribution in [0.1, 0.15) is 22.3 Å². The van der Waals surface area contributed by atoms with E-state index in [4.69, 9.17) is 10.5 Å². The zero-order valence-corrected chi connectivity index (χ0v) is 10.2. The van der Waals surface area contributed by atoms with Crippen molar-refractivity contribution in [3.63, 3.8) is 0 Å². The molecule has 0 radical (unpaired) electrons. The normalized spacial score (nSPS) is 10.3. The first-order chi connectivity index (χ1) is 7.19.